The lowest BCUT2D eigenvalue weighted by molar-refractivity contribution is -0.118. The minimum atomic E-state index is 0.0562. The van der Waals surface area contributed by atoms with Crippen LogP contribution in [0.5, 0.6) is 0 Å². The molecule has 0 spiro atoms. The van der Waals surface area contributed by atoms with Crippen molar-refractivity contribution in [3.8, 4) is 0 Å². The summed E-state index contributed by atoms with van der Waals surface area (Å²) in [7, 11) is 0. The van der Waals surface area contributed by atoms with E-state index in [0.29, 0.717) is 11.7 Å². The van der Waals surface area contributed by atoms with Gasteiger partial charge in [0.1, 0.15) is 0 Å². The van der Waals surface area contributed by atoms with E-state index < -0.39 is 0 Å². The molecule has 0 saturated carbocycles. The Hall–Kier alpha value is -1.00. The van der Waals surface area contributed by atoms with Crippen LogP contribution in [0.4, 0.5) is 0 Å². The molecule has 0 bridgehead atoms. The van der Waals surface area contributed by atoms with Crippen LogP contribution in [0.25, 0.3) is 0 Å². The molecule has 3 nitrogen and oxygen atoms in total. The second-order valence-corrected chi connectivity index (χ2v) is 5.67. The van der Waals surface area contributed by atoms with Crippen molar-refractivity contribution < 1.29 is 9.90 Å². The number of nitrogens with one attached hydrogen (secondary N) is 1. The van der Waals surface area contributed by atoms with Crippen LogP contribution in [0, 0.1) is 5.92 Å². The Labute approximate surface area is 113 Å². The lowest BCUT2D eigenvalue weighted by atomic mass is 10.1. The SMILES string of the molecule is CC(C)CCNC(=O)CSc1ccc(CO)cc1. The first kappa shape index (κ1) is 15.1. The van der Waals surface area contributed by atoms with Crippen molar-refractivity contribution in [2.24, 2.45) is 5.92 Å². The molecular weight excluding hydrogens is 246 g/mol. The molecule has 0 aliphatic carbocycles. The van der Waals surface area contributed by atoms with Gasteiger partial charge in [-0.3, -0.25) is 4.79 Å². The van der Waals surface area contributed by atoms with Crippen molar-refractivity contribution in [1.82, 2.24) is 5.32 Å². The number of amides is 1. The van der Waals surface area contributed by atoms with E-state index in [1.165, 1.54) is 11.8 Å². The quantitative estimate of drug-likeness (QED) is 0.746. The number of carbonyl (C=O) groups excluding carboxylic acids is 1. The molecule has 2 N–H and O–H groups in total. The number of carbonyl (C=O) groups is 1. The van der Waals surface area contributed by atoms with Gasteiger partial charge in [0, 0.05) is 11.4 Å². The number of hydrogen-bond acceptors (Lipinski definition) is 3. The summed E-state index contributed by atoms with van der Waals surface area (Å²) in [5, 5.41) is 11.8. The Morgan fingerprint density at radius 1 is 1.33 bits per heavy atom. The van der Waals surface area contributed by atoms with Crippen molar-refractivity contribution in [3.05, 3.63) is 29.8 Å². The van der Waals surface area contributed by atoms with Gasteiger partial charge in [-0.25, -0.2) is 0 Å². The third kappa shape index (κ3) is 6.07. The van der Waals surface area contributed by atoms with Gasteiger partial charge in [0.05, 0.1) is 12.4 Å². The molecule has 0 aliphatic heterocycles. The predicted molar refractivity (Wildman–Crippen MR) is 75.6 cm³/mol. The Bertz CT molecular complexity index is 363. The van der Waals surface area contributed by atoms with Gasteiger partial charge in [-0.2, -0.15) is 0 Å². The maximum atomic E-state index is 11.5. The van der Waals surface area contributed by atoms with E-state index in [1.54, 1.807) is 0 Å². The van der Waals surface area contributed by atoms with Crippen molar-refractivity contribution in [2.45, 2.75) is 31.8 Å². The first-order valence-corrected chi connectivity index (χ1v) is 7.19. The zero-order valence-electron chi connectivity index (χ0n) is 11.0. The van der Waals surface area contributed by atoms with E-state index in [1.807, 2.05) is 24.3 Å². The summed E-state index contributed by atoms with van der Waals surface area (Å²) < 4.78 is 0. The molecule has 100 valence electrons. The van der Waals surface area contributed by atoms with Gasteiger partial charge < -0.3 is 10.4 Å². The standard InChI is InChI=1S/C14H21NO2S/c1-11(2)7-8-15-14(17)10-18-13-5-3-12(9-16)4-6-13/h3-6,11,16H,7-10H2,1-2H3,(H,15,17). The monoisotopic (exact) mass is 267 g/mol. The van der Waals surface area contributed by atoms with Crippen LogP contribution in [0.1, 0.15) is 25.8 Å². The van der Waals surface area contributed by atoms with Crippen LogP contribution in [-0.2, 0) is 11.4 Å². The second-order valence-electron chi connectivity index (χ2n) is 4.62. The normalized spacial score (nSPS) is 10.7. The highest BCUT2D eigenvalue weighted by Gasteiger charge is 2.03. The lowest BCUT2D eigenvalue weighted by Gasteiger charge is -2.07. The highest BCUT2D eigenvalue weighted by atomic mass is 32.2. The molecule has 0 saturated heterocycles. The van der Waals surface area contributed by atoms with Crippen molar-refractivity contribution >= 4 is 17.7 Å². The average Bonchev–Trinajstić information content (AvgIpc) is 2.36. The molecule has 4 heteroatoms. The fourth-order valence-electron chi connectivity index (χ4n) is 1.39. The fraction of sp³-hybridized carbons (Fsp3) is 0.500. The van der Waals surface area contributed by atoms with Crippen LogP contribution >= 0.6 is 11.8 Å². The molecule has 0 heterocycles. The zero-order chi connectivity index (χ0) is 13.4. The number of thioether (sulfide) groups is 1. The van der Waals surface area contributed by atoms with Gasteiger partial charge >= 0.3 is 0 Å². The fourth-order valence-corrected chi connectivity index (χ4v) is 2.12. The molecule has 1 rings (SSSR count). The van der Waals surface area contributed by atoms with E-state index in [4.69, 9.17) is 5.11 Å². The molecule has 0 aliphatic rings. The van der Waals surface area contributed by atoms with E-state index in [0.717, 1.165) is 23.4 Å². The topological polar surface area (TPSA) is 49.3 Å². The zero-order valence-corrected chi connectivity index (χ0v) is 11.8. The van der Waals surface area contributed by atoms with E-state index in [9.17, 15) is 4.79 Å². The molecule has 1 aromatic carbocycles. The Morgan fingerprint density at radius 3 is 2.56 bits per heavy atom. The maximum Gasteiger partial charge on any atom is 0.230 e. The van der Waals surface area contributed by atoms with Gasteiger partial charge in [0.15, 0.2) is 0 Å². The smallest absolute Gasteiger partial charge is 0.230 e. The Balaban J connectivity index is 2.24. The first-order valence-electron chi connectivity index (χ1n) is 6.21. The van der Waals surface area contributed by atoms with Crippen LogP contribution in [0.2, 0.25) is 0 Å². The van der Waals surface area contributed by atoms with Crippen molar-refractivity contribution in [1.29, 1.82) is 0 Å². The van der Waals surface area contributed by atoms with Crippen molar-refractivity contribution in [3.63, 3.8) is 0 Å². The molecule has 1 amide bonds. The Morgan fingerprint density at radius 2 is 2.00 bits per heavy atom. The van der Waals surface area contributed by atoms with Gasteiger partial charge in [-0.15, -0.1) is 11.8 Å². The molecule has 0 atom stereocenters. The van der Waals surface area contributed by atoms with Crippen LogP contribution in [0.3, 0.4) is 0 Å². The second kappa shape index (κ2) is 8.16. The molecule has 1 aromatic rings. The Kier molecular flexibility index (Phi) is 6.83. The van der Waals surface area contributed by atoms with Crippen LogP contribution < -0.4 is 5.32 Å². The molecule has 0 unspecified atom stereocenters. The maximum absolute atomic E-state index is 11.5. The van der Waals surface area contributed by atoms with Gasteiger partial charge in [-0.05, 0) is 30.0 Å². The number of benzene rings is 1. The summed E-state index contributed by atoms with van der Waals surface area (Å²) in [5.74, 6) is 1.13. The van der Waals surface area contributed by atoms with Gasteiger partial charge in [0.25, 0.3) is 0 Å². The number of rotatable bonds is 7. The summed E-state index contributed by atoms with van der Waals surface area (Å²) >= 11 is 1.51. The third-order valence-electron chi connectivity index (χ3n) is 2.52. The van der Waals surface area contributed by atoms with Crippen LogP contribution in [-0.4, -0.2) is 23.3 Å². The summed E-state index contributed by atoms with van der Waals surface area (Å²) in [5.41, 5.74) is 0.890. The minimum Gasteiger partial charge on any atom is -0.392 e. The highest BCUT2D eigenvalue weighted by Crippen LogP contribution is 2.18. The number of aliphatic hydroxyl groups is 1. The van der Waals surface area contributed by atoms with Gasteiger partial charge in [-0.1, -0.05) is 26.0 Å². The average molecular weight is 267 g/mol. The summed E-state index contributed by atoms with van der Waals surface area (Å²) in [4.78, 5) is 12.6. The molecular formula is C14H21NO2S. The number of aliphatic hydroxyl groups excluding tert-OH is 1. The minimum absolute atomic E-state index is 0.0562. The lowest BCUT2D eigenvalue weighted by Crippen LogP contribution is -2.26. The summed E-state index contributed by atoms with van der Waals surface area (Å²) in [6.07, 6.45) is 1.02. The molecule has 18 heavy (non-hydrogen) atoms. The number of hydrogen-bond donors (Lipinski definition) is 2. The molecule has 0 aromatic heterocycles. The first-order chi connectivity index (χ1) is 8.61. The van der Waals surface area contributed by atoms with E-state index in [-0.39, 0.29) is 12.5 Å². The molecule has 0 radical (unpaired) electrons. The van der Waals surface area contributed by atoms with E-state index in [2.05, 4.69) is 19.2 Å². The van der Waals surface area contributed by atoms with E-state index >= 15 is 0 Å². The summed E-state index contributed by atoms with van der Waals surface area (Å²) in [6, 6.07) is 7.60. The molecule has 0 fully saturated rings. The van der Waals surface area contributed by atoms with Gasteiger partial charge in [0.2, 0.25) is 5.91 Å². The van der Waals surface area contributed by atoms with Crippen LogP contribution in [0.15, 0.2) is 29.2 Å². The highest BCUT2D eigenvalue weighted by molar-refractivity contribution is 8.00. The van der Waals surface area contributed by atoms with Crippen molar-refractivity contribution in [2.75, 3.05) is 12.3 Å². The largest absolute Gasteiger partial charge is 0.392 e. The third-order valence-corrected chi connectivity index (χ3v) is 3.53. The predicted octanol–water partition coefficient (Wildman–Crippen LogP) is 2.43. The summed E-state index contributed by atoms with van der Waals surface area (Å²) in [6.45, 7) is 5.09.